The Morgan fingerprint density at radius 1 is 1.41 bits per heavy atom. The summed E-state index contributed by atoms with van der Waals surface area (Å²) < 4.78 is 5.37. The molecule has 1 aliphatic heterocycles. The molecular weight excluding hydrogens is 252 g/mol. The predicted molar refractivity (Wildman–Crippen MR) is 69.7 cm³/mol. The van der Waals surface area contributed by atoms with Crippen LogP contribution < -0.4 is 0 Å². The molecule has 0 N–H and O–H groups in total. The summed E-state index contributed by atoms with van der Waals surface area (Å²) in [5.74, 6) is 3.38. The first-order chi connectivity index (χ1) is 8.33. The number of aromatic nitrogens is 2. The topological polar surface area (TPSA) is 38.9 Å². The quantitative estimate of drug-likeness (QED) is 0.795. The van der Waals surface area contributed by atoms with Gasteiger partial charge in [-0.3, -0.25) is 0 Å². The van der Waals surface area contributed by atoms with E-state index in [4.69, 9.17) is 4.42 Å². The Balaban J connectivity index is 1.68. The molecule has 0 saturated carbocycles. The van der Waals surface area contributed by atoms with Crippen molar-refractivity contribution in [3.8, 4) is 0 Å². The smallest absolute Gasteiger partial charge is 0.276 e. The maximum Gasteiger partial charge on any atom is 0.276 e. The average Bonchev–Trinajstić information content (AvgIpc) is 2.93. The highest BCUT2D eigenvalue weighted by Gasteiger charge is 2.23. The summed E-state index contributed by atoms with van der Waals surface area (Å²) >= 11 is 3.58. The Morgan fingerprint density at radius 2 is 2.29 bits per heavy atom. The van der Waals surface area contributed by atoms with E-state index in [9.17, 15) is 0 Å². The molecule has 0 radical (unpaired) electrons. The van der Waals surface area contributed by atoms with Crippen LogP contribution in [0.2, 0.25) is 0 Å². The molecule has 17 heavy (non-hydrogen) atoms. The molecule has 1 aromatic carbocycles. The van der Waals surface area contributed by atoms with E-state index in [0.717, 1.165) is 11.5 Å². The normalized spacial score (nSPS) is 18.3. The van der Waals surface area contributed by atoms with E-state index in [1.165, 1.54) is 10.5 Å². The van der Waals surface area contributed by atoms with Gasteiger partial charge in [-0.05, 0) is 11.6 Å². The number of nitrogens with zero attached hydrogens (tertiary/aromatic N) is 2. The maximum absolute atomic E-state index is 5.37. The second kappa shape index (κ2) is 4.74. The summed E-state index contributed by atoms with van der Waals surface area (Å²) in [5, 5.41) is 8.51. The Morgan fingerprint density at radius 3 is 3.12 bits per heavy atom. The van der Waals surface area contributed by atoms with Gasteiger partial charge in [-0.15, -0.1) is 22.0 Å². The lowest BCUT2D eigenvalue weighted by atomic mass is 10.0. The molecule has 0 aliphatic carbocycles. The molecule has 1 unspecified atom stereocenters. The lowest BCUT2D eigenvalue weighted by Gasteiger charge is -2.07. The molecule has 88 valence electrons. The summed E-state index contributed by atoms with van der Waals surface area (Å²) in [7, 11) is 0. The summed E-state index contributed by atoms with van der Waals surface area (Å²) in [6, 6.07) is 8.63. The van der Waals surface area contributed by atoms with Crippen molar-refractivity contribution in [2.75, 3.05) is 11.5 Å². The van der Waals surface area contributed by atoms with Crippen molar-refractivity contribution in [1.82, 2.24) is 10.2 Å². The van der Waals surface area contributed by atoms with E-state index in [-0.39, 0.29) is 0 Å². The largest absolute Gasteiger partial charge is 0.416 e. The summed E-state index contributed by atoms with van der Waals surface area (Å²) in [4.78, 5) is 1.42. The molecule has 0 spiro atoms. The molecule has 0 saturated heterocycles. The van der Waals surface area contributed by atoms with Gasteiger partial charge < -0.3 is 4.42 Å². The van der Waals surface area contributed by atoms with Crippen LogP contribution in [0.3, 0.4) is 0 Å². The van der Waals surface area contributed by atoms with Gasteiger partial charge in [0.25, 0.3) is 5.22 Å². The minimum atomic E-state index is 0.591. The third kappa shape index (κ3) is 2.35. The predicted octanol–water partition coefficient (Wildman–Crippen LogP) is 3.36. The van der Waals surface area contributed by atoms with Crippen molar-refractivity contribution >= 4 is 23.5 Å². The minimum absolute atomic E-state index is 0.591. The third-order valence-corrected chi connectivity index (χ3v) is 4.95. The van der Waals surface area contributed by atoms with E-state index in [2.05, 4.69) is 34.5 Å². The molecule has 1 atom stereocenters. The highest BCUT2D eigenvalue weighted by molar-refractivity contribution is 8.00. The highest BCUT2D eigenvalue weighted by atomic mass is 32.2. The van der Waals surface area contributed by atoms with Gasteiger partial charge in [-0.25, -0.2) is 0 Å². The van der Waals surface area contributed by atoms with E-state index in [0.29, 0.717) is 17.0 Å². The van der Waals surface area contributed by atoms with Crippen LogP contribution in [-0.4, -0.2) is 21.7 Å². The molecule has 0 bridgehead atoms. The number of fused-ring (bicyclic) bond motifs is 1. The molecular formula is C12H12N2OS2. The molecule has 0 amide bonds. The number of hydrogen-bond acceptors (Lipinski definition) is 5. The fraction of sp³-hybridized carbons (Fsp3) is 0.333. The second-order valence-electron chi connectivity index (χ2n) is 3.94. The lowest BCUT2D eigenvalue weighted by Crippen LogP contribution is -1.99. The average molecular weight is 264 g/mol. The van der Waals surface area contributed by atoms with Gasteiger partial charge in [-0.2, -0.15) is 0 Å². The fourth-order valence-corrected chi connectivity index (χ4v) is 4.20. The van der Waals surface area contributed by atoms with Crippen LogP contribution in [0.4, 0.5) is 0 Å². The zero-order valence-electron chi connectivity index (χ0n) is 9.42. The molecule has 2 aromatic rings. The second-order valence-corrected chi connectivity index (χ2v) is 5.98. The van der Waals surface area contributed by atoms with Crippen molar-refractivity contribution in [3.63, 3.8) is 0 Å². The molecule has 3 rings (SSSR count). The highest BCUT2D eigenvalue weighted by Crippen LogP contribution is 2.41. The van der Waals surface area contributed by atoms with E-state index in [1.54, 1.807) is 11.8 Å². The van der Waals surface area contributed by atoms with Crippen molar-refractivity contribution in [2.45, 2.75) is 23.0 Å². The zero-order valence-corrected chi connectivity index (χ0v) is 11.1. The number of rotatable bonds is 3. The third-order valence-electron chi connectivity index (χ3n) is 2.71. The SMILES string of the molecule is Cc1nnc(SCC2CSc3ccccc32)o1. The van der Waals surface area contributed by atoms with Gasteiger partial charge in [-0.1, -0.05) is 30.0 Å². The first-order valence-electron chi connectivity index (χ1n) is 5.47. The van der Waals surface area contributed by atoms with Gasteiger partial charge in [0.05, 0.1) is 0 Å². The summed E-state index contributed by atoms with van der Waals surface area (Å²) in [6.45, 7) is 1.82. The molecule has 1 aromatic heterocycles. The first-order valence-corrected chi connectivity index (χ1v) is 7.44. The van der Waals surface area contributed by atoms with Gasteiger partial charge in [0.1, 0.15) is 0 Å². The molecule has 1 aliphatic rings. The lowest BCUT2D eigenvalue weighted by molar-refractivity contribution is 0.429. The summed E-state index contributed by atoms with van der Waals surface area (Å²) in [6.07, 6.45) is 0. The number of hydrogen-bond donors (Lipinski definition) is 0. The van der Waals surface area contributed by atoms with Crippen molar-refractivity contribution in [1.29, 1.82) is 0 Å². The Kier molecular flexibility index (Phi) is 3.11. The van der Waals surface area contributed by atoms with Crippen LogP contribution in [0.5, 0.6) is 0 Å². The van der Waals surface area contributed by atoms with Crippen LogP contribution in [-0.2, 0) is 0 Å². The van der Waals surface area contributed by atoms with Crippen molar-refractivity contribution < 1.29 is 4.42 Å². The first kappa shape index (κ1) is 11.2. The van der Waals surface area contributed by atoms with Gasteiger partial charge in [0.15, 0.2) is 0 Å². The molecule has 0 fully saturated rings. The molecule has 5 heteroatoms. The fourth-order valence-electron chi connectivity index (χ4n) is 1.88. The minimum Gasteiger partial charge on any atom is -0.416 e. The van der Waals surface area contributed by atoms with Crippen LogP contribution in [0, 0.1) is 6.92 Å². The standard InChI is InChI=1S/C12H12N2OS2/c1-8-13-14-12(15-8)17-7-9-6-16-11-5-3-2-4-10(9)11/h2-5,9H,6-7H2,1H3. The Labute approximate surface area is 108 Å². The molecule has 3 nitrogen and oxygen atoms in total. The monoisotopic (exact) mass is 264 g/mol. The van der Waals surface area contributed by atoms with Crippen LogP contribution in [0.1, 0.15) is 17.4 Å². The van der Waals surface area contributed by atoms with Crippen molar-refractivity contribution in [3.05, 3.63) is 35.7 Å². The van der Waals surface area contributed by atoms with E-state index in [1.807, 2.05) is 18.7 Å². The number of aryl methyl sites for hydroxylation is 1. The Bertz CT molecular complexity index is 527. The van der Waals surface area contributed by atoms with Gasteiger partial charge in [0.2, 0.25) is 5.89 Å². The van der Waals surface area contributed by atoms with Gasteiger partial charge in [0, 0.05) is 29.2 Å². The van der Waals surface area contributed by atoms with E-state index >= 15 is 0 Å². The van der Waals surface area contributed by atoms with Crippen LogP contribution in [0.15, 0.2) is 38.8 Å². The molecule has 2 heterocycles. The maximum atomic E-state index is 5.37. The van der Waals surface area contributed by atoms with Crippen LogP contribution >= 0.6 is 23.5 Å². The number of thioether (sulfide) groups is 2. The van der Waals surface area contributed by atoms with Crippen molar-refractivity contribution in [2.24, 2.45) is 0 Å². The van der Waals surface area contributed by atoms with Crippen LogP contribution in [0.25, 0.3) is 0 Å². The Hall–Kier alpha value is -0.940. The number of benzene rings is 1. The zero-order chi connectivity index (χ0) is 11.7. The van der Waals surface area contributed by atoms with E-state index < -0.39 is 0 Å². The summed E-state index contributed by atoms with van der Waals surface area (Å²) in [5.41, 5.74) is 1.46. The van der Waals surface area contributed by atoms with Gasteiger partial charge >= 0.3 is 0 Å².